The minimum Gasteiger partial charge on any atom is -0.330 e. The fraction of sp³-hybridized carbons (Fsp3) is 0.600. The molecule has 0 aromatic heterocycles. The molecule has 0 aliphatic carbocycles. The molecule has 2 aliphatic heterocycles. The number of hydroxylamine groups is 4. The second kappa shape index (κ2) is 8.90. The van der Waals surface area contributed by atoms with Gasteiger partial charge < -0.3 is 9.68 Å². The van der Waals surface area contributed by atoms with Crippen molar-refractivity contribution >= 4 is 35.6 Å². The third-order valence-corrected chi connectivity index (χ3v) is 3.30. The van der Waals surface area contributed by atoms with Crippen LogP contribution in [0.1, 0.15) is 52.9 Å². The Morgan fingerprint density at radius 3 is 1.68 bits per heavy atom. The lowest BCUT2D eigenvalue weighted by molar-refractivity contribution is -0.197. The number of carbonyl (C=O) groups excluding carboxylic acids is 6. The summed E-state index contributed by atoms with van der Waals surface area (Å²) in [5, 5.41) is 1.11. The van der Waals surface area contributed by atoms with E-state index < -0.39 is 35.6 Å². The van der Waals surface area contributed by atoms with Gasteiger partial charge in [-0.25, -0.2) is 9.59 Å². The zero-order chi connectivity index (χ0) is 19.1. The molecule has 0 aromatic rings. The van der Waals surface area contributed by atoms with Crippen LogP contribution in [-0.4, -0.2) is 45.7 Å². The van der Waals surface area contributed by atoms with Gasteiger partial charge in [-0.15, -0.1) is 10.1 Å². The number of hydrogen-bond acceptors (Lipinski definition) is 8. The quantitative estimate of drug-likeness (QED) is 0.656. The normalized spacial score (nSPS) is 19.7. The Labute approximate surface area is 143 Å². The molecule has 10 heteroatoms. The van der Waals surface area contributed by atoms with Crippen molar-refractivity contribution < 1.29 is 38.4 Å². The van der Waals surface area contributed by atoms with E-state index in [4.69, 9.17) is 0 Å². The van der Waals surface area contributed by atoms with E-state index in [0.717, 1.165) is 0 Å². The minimum absolute atomic E-state index is 0.121. The van der Waals surface area contributed by atoms with Crippen molar-refractivity contribution in [3.8, 4) is 0 Å². The van der Waals surface area contributed by atoms with E-state index >= 15 is 0 Å². The third-order valence-electron chi connectivity index (χ3n) is 3.30. The van der Waals surface area contributed by atoms with Crippen LogP contribution in [0.15, 0.2) is 0 Å². The summed E-state index contributed by atoms with van der Waals surface area (Å²) in [5.74, 6) is -3.29. The first-order valence-electron chi connectivity index (χ1n) is 7.85. The van der Waals surface area contributed by atoms with Crippen molar-refractivity contribution in [3.63, 3.8) is 0 Å². The minimum atomic E-state index is -0.573. The van der Waals surface area contributed by atoms with Gasteiger partial charge in [-0.05, 0) is 0 Å². The molecular formula is C15H20N2O8. The van der Waals surface area contributed by atoms with Gasteiger partial charge in [0.1, 0.15) is 0 Å². The predicted molar refractivity (Wildman–Crippen MR) is 79.5 cm³/mol. The first-order chi connectivity index (χ1) is 11.7. The number of imide groups is 2. The number of amides is 4. The van der Waals surface area contributed by atoms with Crippen molar-refractivity contribution in [1.82, 2.24) is 10.1 Å². The molecule has 2 rings (SSSR count). The lowest BCUT2D eigenvalue weighted by Crippen LogP contribution is -2.32. The zero-order valence-electron chi connectivity index (χ0n) is 14.3. The number of hydrogen-bond donors (Lipinski definition) is 0. The molecule has 138 valence electrons. The molecule has 2 saturated heterocycles. The summed E-state index contributed by atoms with van der Waals surface area (Å²) in [7, 11) is 0. The summed E-state index contributed by atoms with van der Waals surface area (Å²) < 4.78 is 0. The van der Waals surface area contributed by atoms with Crippen molar-refractivity contribution in [2.75, 3.05) is 0 Å². The third kappa shape index (κ3) is 5.37. The van der Waals surface area contributed by atoms with Gasteiger partial charge in [-0.3, -0.25) is 19.2 Å². The fourth-order valence-corrected chi connectivity index (χ4v) is 1.84. The largest absolute Gasteiger partial charge is 0.332 e. The molecule has 0 saturated carbocycles. The smallest absolute Gasteiger partial charge is 0.330 e. The van der Waals surface area contributed by atoms with E-state index in [1.54, 1.807) is 20.8 Å². The van der Waals surface area contributed by atoms with Crippen LogP contribution in [0, 0.1) is 5.92 Å². The second-order valence-corrected chi connectivity index (χ2v) is 5.35. The lowest BCUT2D eigenvalue weighted by atomic mass is 10.1. The van der Waals surface area contributed by atoms with Gasteiger partial charge >= 0.3 is 11.9 Å². The molecule has 1 unspecified atom stereocenters. The Balaban J connectivity index is 0.000000251. The number of rotatable bonds is 4. The van der Waals surface area contributed by atoms with E-state index in [-0.39, 0.29) is 38.0 Å². The Kier molecular flexibility index (Phi) is 7.22. The molecule has 10 nitrogen and oxygen atoms in total. The topological polar surface area (TPSA) is 127 Å². The average molecular weight is 356 g/mol. The van der Waals surface area contributed by atoms with Gasteiger partial charge in [0.2, 0.25) is 0 Å². The van der Waals surface area contributed by atoms with Gasteiger partial charge in [0, 0.05) is 38.0 Å². The van der Waals surface area contributed by atoms with Crippen molar-refractivity contribution in [2.45, 2.75) is 52.9 Å². The molecule has 0 bridgehead atoms. The summed E-state index contributed by atoms with van der Waals surface area (Å²) in [5.41, 5.74) is 0. The highest BCUT2D eigenvalue weighted by molar-refractivity contribution is 6.03. The Morgan fingerprint density at radius 2 is 1.32 bits per heavy atom. The molecule has 0 radical (unpaired) electrons. The highest BCUT2D eigenvalue weighted by Gasteiger charge is 2.38. The molecule has 25 heavy (non-hydrogen) atoms. The van der Waals surface area contributed by atoms with Crippen LogP contribution < -0.4 is 0 Å². The maximum Gasteiger partial charge on any atom is 0.332 e. The zero-order valence-corrected chi connectivity index (χ0v) is 14.3. The first-order valence-corrected chi connectivity index (χ1v) is 7.85. The number of nitrogens with zero attached hydrogens (tertiary/aromatic N) is 2. The predicted octanol–water partition coefficient (Wildman–Crippen LogP) is 0.253. The molecule has 2 fully saturated rings. The van der Waals surface area contributed by atoms with Crippen LogP contribution in [0.5, 0.6) is 0 Å². The standard InChI is InChI=1S/C8H11NO4.C7H9NO4/c1-3-7(11)13-9-6(10)4-5(2)8(9)12;1-2-7(11)12-8-5(9)3-4-6(8)10/h5H,3-4H2,1-2H3;2-4H2,1H3. The Bertz CT molecular complexity index is 584. The maximum absolute atomic E-state index is 11.2. The second-order valence-electron chi connectivity index (χ2n) is 5.35. The van der Waals surface area contributed by atoms with E-state index in [0.29, 0.717) is 10.1 Å². The SMILES string of the molecule is CCC(=O)ON1C(=O)CC(C)C1=O.CCC(=O)ON1C(=O)CCC1=O. The van der Waals surface area contributed by atoms with Crippen molar-refractivity contribution in [1.29, 1.82) is 0 Å². The monoisotopic (exact) mass is 356 g/mol. The average Bonchev–Trinajstić information content (AvgIpc) is 3.02. The number of carbonyl (C=O) groups is 6. The van der Waals surface area contributed by atoms with Gasteiger partial charge in [-0.2, -0.15) is 0 Å². The summed E-state index contributed by atoms with van der Waals surface area (Å²) >= 11 is 0. The van der Waals surface area contributed by atoms with Gasteiger partial charge in [0.25, 0.3) is 23.6 Å². The van der Waals surface area contributed by atoms with Gasteiger partial charge in [-0.1, -0.05) is 20.8 Å². The first kappa shape index (κ1) is 20.3. The summed E-state index contributed by atoms with van der Waals surface area (Å²) in [6, 6.07) is 0. The van der Waals surface area contributed by atoms with Gasteiger partial charge in [0.05, 0.1) is 0 Å². The fourth-order valence-electron chi connectivity index (χ4n) is 1.84. The molecule has 0 spiro atoms. The van der Waals surface area contributed by atoms with Crippen LogP contribution in [0.4, 0.5) is 0 Å². The van der Waals surface area contributed by atoms with Crippen LogP contribution in [0.25, 0.3) is 0 Å². The van der Waals surface area contributed by atoms with Gasteiger partial charge in [0.15, 0.2) is 0 Å². The van der Waals surface area contributed by atoms with Crippen LogP contribution in [0.3, 0.4) is 0 Å². The van der Waals surface area contributed by atoms with Crippen LogP contribution >= 0.6 is 0 Å². The molecule has 0 N–H and O–H groups in total. The molecule has 4 amide bonds. The maximum atomic E-state index is 11.2. The van der Waals surface area contributed by atoms with E-state index in [9.17, 15) is 28.8 Å². The van der Waals surface area contributed by atoms with Crippen LogP contribution in [0.2, 0.25) is 0 Å². The molecule has 2 heterocycles. The Morgan fingerprint density at radius 1 is 0.880 bits per heavy atom. The highest BCUT2D eigenvalue weighted by Crippen LogP contribution is 2.19. The van der Waals surface area contributed by atoms with Crippen LogP contribution in [-0.2, 0) is 38.4 Å². The van der Waals surface area contributed by atoms with E-state index in [2.05, 4.69) is 9.68 Å². The van der Waals surface area contributed by atoms with E-state index in [1.807, 2.05) is 0 Å². The summed E-state index contributed by atoms with van der Waals surface area (Å²) in [4.78, 5) is 74.5. The molecule has 2 aliphatic rings. The summed E-state index contributed by atoms with van der Waals surface area (Å²) in [6.07, 6.45) is 0.685. The molecular weight excluding hydrogens is 336 g/mol. The van der Waals surface area contributed by atoms with E-state index in [1.165, 1.54) is 0 Å². The Hall–Kier alpha value is -2.78. The lowest BCUT2D eigenvalue weighted by Gasteiger charge is -2.11. The van der Waals surface area contributed by atoms with Crippen molar-refractivity contribution in [2.24, 2.45) is 5.92 Å². The molecule has 1 atom stereocenters. The highest BCUT2D eigenvalue weighted by atomic mass is 16.7. The van der Waals surface area contributed by atoms with Crippen molar-refractivity contribution in [3.05, 3.63) is 0 Å². The summed E-state index contributed by atoms with van der Waals surface area (Å²) in [6.45, 7) is 4.81. The molecule has 0 aromatic carbocycles.